The molecule has 5 heteroatoms. The molecule has 1 aliphatic carbocycles. The normalized spacial score (nSPS) is 13.8. The third kappa shape index (κ3) is 3.56. The van der Waals surface area contributed by atoms with Gasteiger partial charge in [-0.1, -0.05) is 12.1 Å². The van der Waals surface area contributed by atoms with Crippen molar-refractivity contribution >= 4 is 17.5 Å². The highest BCUT2D eigenvalue weighted by atomic mass is 16.2. The minimum absolute atomic E-state index is 0.150. The fourth-order valence-corrected chi connectivity index (χ4v) is 2.27. The van der Waals surface area contributed by atoms with Crippen molar-refractivity contribution in [1.82, 2.24) is 14.9 Å². The second kappa shape index (κ2) is 5.91. The quantitative estimate of drug-likeness (QED) is 0.916. The van der Waals surface area contributed by atoms with E-state index in [1.807, 2.05) is 29.2 Å². The van der Waals surface area contributed by atoms with Crippen molar-refractivity contribution < 1.29 is 4.79 Å². The number of nitrogens with one attached hydrogen (secondary N) is 1. The number of hydrogen-bond acceptors (Lipinski definition) is 4. The molecule has 3 rings (SSSR count). The molecule has 0 aliphatic heterocycles. The lowest BCUT2D eigenvalue weighted by atomic mass is 10.2. The molecular formula is C16H18N4O. The van der Waals surface area contributed by atoms with E-state index < -0.39 is 0 Å². The lowest BCUT2D eigenvalue weighted by Crippen LogP contribution is -2.30. The van der Waals surface area contributed by atoms with Gasteiger partial charge < -0.3 is 10.2 Å². The van der Waals surface area contributed by atoms with Crippen molar-refractivity contribution in [1.29, 1.82) is 0 Å². The van der Waals surface area contributed by atoms with E-state index in [0.29, 0.717) is 18.5 Å². The zero-order chi connectivity index (χ0) is 14.7. The van der Waals surface area contributed by atoms with Crippen molar-refractivity contribution in [2.45, 2.75) is 32.4 Å². The molecule has 0 unspecified atom stereocenters. The van der Waals surface area contributed by atoms with Crippen LogP contribution in [0.3, 0.4) is 0 Å². The van der Waals surface area contributed by atoms with Crippen molar-refractivity contribution in [2.75, 3.05) is 5.32 Å². The molecule has 1 N–H and O–H groups in total. The molecular weight excluding hydrogens is 264 g/mol. The molecule has 1 aromatic carbocycles. The van der Waals surface area contributed by atoms with E-state index in [2.05, 4.69) is 15.3 Å². The number of benzene rings is 1. The van der Waals surface area contributed by atoms with Gasteiger partial charge in [-0.2, -0.15) is 0 Å². The first-order chi connectivity index (χ1) is 10.2. The van der Waals surface area contributed by atoms with Crippen molar-refractivity contribution in [3.63, 3.8) is 0 Å². The summed E-state index contributed by atoms with van der Waals surface area (Å²) in [6, 6.07) is 10.3. The second-order valence-corrected chi connectivity index (χ2v) is 5.27. The van der Waals surface area contributed by atoms with Crippen molar-refractivity contribution in [2.24, 2.45) is 0 Å². The number of rotatable bonds is 5. The third-order valence-corrected chi connectivity index (χ3v) is 3.52. The summed E-state index contributed by atoms with van der Waals surface area (Å²) in [4.78, 5) is 21.8. The molecule has 0 bridgehead atoms. The number of hydrogen-bond donors (Lipinski definition) is 1. The van der Waals surface area contributed by atoms with Gasteiger partial charge in [0.15, 0.2) is 0 Å². The predicted octanol–water partition coefficient (Wildman–Crippen LogP) is 2.73. The van der Waals surface area contributed by atoms with E-state index in [1.54, 1.807) is 25.4 Å². The van der Waals surface area contributed by atoms with Crippen LogP contribution in [-0.2, 0) is 11.3 Å². The zero-order valence-electron chi connectivity index (χ0n) is 12.0. The number of carbonyl (C=O) groups excluding carboxylic acids is 1. The van der Waals surface area contributed by atoms with E-state index >= 15 is 0 Å². The Labute approximate surface area is 124 Å². The summed E-state index contributed by atoms with van der Waals surface area (Å²) in [5.74, 6) is 0.728. The standard InChI is InChI=1S/C16H18N4O/c1-12(21)20(15-7-8-15)11-13-3-5-14(6-4-13)19-16-17-9-2-10-18-16/h2-6,9-10,15H,7-8,11H2,1H3,(H,17,18,19). The van der Waals surface area contributed by atoms with E-state index in [4.69, 9.17) is 0 Å². The molecule has 1 fully saturated rings. The molecule has 0 saturated heterocycles. The van der Waals surface area contributed by atoms with Crippen LogP contribution >= 0.6 is 0 Å². The molecule has 1 saturated carbocycles. The minimum Gasteiger partial charge on any atom is -0.336 e. The van der Waals surface area contributed by atoms with E-state index in [-0.39, 0.29) is 5.91 Å². The number of amides is 1. The molecule has 5 nitrogen and oxygen atoms in total. The Balaban J connectivity index is 1.65. The molecule has 1 aromatic heterocycles. The average Bonchev–Trinajstić information content (AvgIpc) is 3.32. The Bertz CT molecular complexity index is 608. The van der Waals surface area contributed by atoms with Crippen molar-refractivity contribution in [3.05, 3.63) is 48.3 Å². The van der Waals surface area contributed by atoms with Gasteiger partial charge in [0, 0.05) is 37.6 Å². The highest BCUT2D eigenvalue weighted by molar-refractivity contribution is 5.74. The van der Waals surface area contributed by atoms with Crippen LogP contribution in [0.4, 0.5) is 11.6 Å². The van der Waals surface area contributed by atoms with Gasteiger partial charge >= 0.3 is 0 Å². The number of aromatic nitrogens is 2. The van der Waals surface area contributed by atoms with Crippen molar-refractivity contribution in [3.8, 4) is 0 Å². The van der Waals surface area contributed by atoms with Gasteiger partial charge in [-0.15, -0.1) is 0 Å². The summed E-state index contributed by atoms with van der Waals surface area (Å²) in [5, 5.41) is 3.14. The van der Waals surface area contributed by atoms with Gasteiger partial charge in [0.1, 0.15) is 0 Å². The Morgan fingerprint density at radius 1 is 1.24 bits per heavy atom. The summed E-state index contributed by atoms with van der Waals surface area (Å²) in [6.07, 6.45) is 5.66. The minimum atomic E-state index is 0.150. The smallest absolute Gasteiger partial charge is 0.227 e. The molecule has 0 spiro atoms. The fraction of sp³-hybridized carbons (Fsp3) is 0.312. The Morgan fingerprint density at radius 2 is 1.90 bits per heavy atom. The van der Waals surface area contributed by atoms with Gasteiger partial charge in [-0.05, 0) is 36.6 Å². The molecule has 1 heterocycles. The molecule has 1 aliphatic rings. The summed E-state index contributed by atoms with van der Waals surface area (Å²) >= 11 is 0. The van der Waals surface area contributed by atoms with Crippen LogP contribution in [0.2, 0.25) is 0 Å². The van der Waals surface area contributed by atoms with Crippen LogP contribution in [-0.4, -0.2) is 26.8 Å². The molecule has 1 amide bonds. The van der Waals surface area contributed by atoms with Crippen LogP contribution in [0, 0.1) is 0 Å². The van der Waals surface area contributed by atoms with Gasteiger partial charge in [-0.25, -0.2) is 9.97 Å². The highest BCUT2D eigenvalue weighted by Gasteiger charge is 2.30. The lowest BCUT2D eigenvalue weighted by molar-refractivity contribution is -0.130. The monoisotopic (exact) mass is 282 g/mol. The lowest BCUT2D eigenvalue weighted by Gasteiger charge is -2.20. The second-order valence-electron chi connectivity index (χ2n) is 5.27. The third-order valence-electron chi connectivity index (χ3n) is 3.52. The largest absolute Gasteiger partial charge is 0.336 e. The molecule has 21 heavy (non-hydrogen) atoms. The summed E-state index contributed by atoms with van der Waals surface area (Å²) in [5.41, 5.74) is 2.07. The molecule has 2 aromatic rings. The fourth-order valence-electron chi connectivity index (χ4n) is 2.27. The van der Waals surface area contributed by atoms with Crippen LogP contribution in [0.15, 0.2) is 42.7 Å². The van der Waals surface area contributed by atoms with Gasteiger partial charge in [0.25, 0.3) is 0 Å². The molecule has 0 radical (unpaired) electrons. The van der Waals surface area contributed by atoms with Crippen LogP contribution in [0.25, 0.3) is 0 Å². The maximum atomic E-state index is 11.6. The Hall–Kier alpha value is -2.43. The van der Waals surface area contributed by atoms with E-state index in [0.717, 1.165) is 24.1 Å². The Kier molecular flexibility index (Phi) is 3.81. The van der Waals surface area contributed by atoms with Gasteiger partial charge in [0.05, 0.1) is 0 Å². The zero-order valence-corrected chi connectivity index (χ0v) is 12.0. The topological polar surface area (TPSA) is 58.1 Å². The number of carbonyl (C=O) groups is 1. The highest BCUT2D eigenvalue weighted by Crippen LogP contribution is 2.28. The van der Waals surface area contributed by atoms with Gasteiger partial charge in [-0.3, -0.25) is 4.79 Å². The van der Waals surface area contributed by atoms with Crippen LogP contribution in [0.1, 0.15) is 25.3 Å². The summed E-state index contributed by atoms with van der Waals surface area (Å²) in [7, 11) is 0. The first-order valence-electron chi connectivity index (χ1n) is 7.12. The summed E-state index contributed by atoms with van der Waals surface area (Å²) in [6.45, 7) is 2.32. The number of anilines is 2. The maximum absolute atomic E-state index is 11.6. The van der Waals surface area contributed by atoms with Gasteiger partial charge in [0.2, 0.25) is 11.9 Å². The average molecular weight is 282 g/mol. The van der Waals surface area contributed by atoms with Crippen LogP contribution < -0.4 is 5.32 Å². The van der Waals surface area contributed by atoms with Crippen LogP contribution in [0.5, 0.6) is 0 Å². The first kappa shape index (κ1) is 13.5. The summed E-state index contributed by atoms with van der Waals surface area (Å²) < 4.78 is 0. The first-order valence-corrected chi connectivity index (χ1v) is 7.12. The number of nitrogens with zero attached hydrogens (tertiary/aromatic N) is 3. The molecule has 108 valence electrons. The Morgan fingerprint density at radius 3 is 2.48 bits per heavy atom. The van der Waals surface area contributed by atoms with E-state index in [9.17, 15) is 4.79 Å². The molecule has 0 atom stereocenters. The van der Waals surface area contributed by atoms with E-state index in [1.165, 1.54) is 0 Å². The SMILES string of the molecule is CC(=O)N(Cc1ccc(Nc2ncccn2)cc1)C1CC1. The predicted molar refractivity (Wildman–Crippen MR) is 81.0 cm³/mol. The maximum Gasteiger partial charge on any atom is 0.227 e.